The van der Waals surface area contributed by atoms with Crippen LogP contribution in [0.2, 0.25) is 5.02 Å². The molecule has 1 aromatic heterocycles. The van der Waals surface area contributed by atoms with Crippen LogP contribution in [-0.4, -0.2) is 33.7 Å². The van der Waals surface area contributed by atoms with Crippen LogP contribution in [0.15, 0.2) is 0 Å². The molecule has 0 bridgehead atoms. The molecule has 0 radical (unpaired) electrons. The highest BCUT2D eigenvalue weighted by atomic mass is 35.5. The largest absolute Gasteiger partial charge is 0.389 e. The molecule has 2 rings (SSSR count). The van der Waals surface area contributed by atoms with Crippen molar-refractivity contribution in [2.75, 3.05) is 13.2 Å². The number of aliphatic hydroxyl groups is 1. The first-order valence-corrected chi connectivity index (χ1v) is 6.38. The van der Waals surface area contributed by atoms with Gasteiger partial charge in [-0.15, -0.1) is 0 Å². The number of nitrogens with zero attached hydrogens (tertiary/aromatic N) is 2. The molecule has 0 aromatic carbocycles. The zero-order valence-electron chi connectivity index (χ0n) is 10.4. The van der Waals surface area contributed by atoms with E-state index in [-0.39, 0.29) is 0 Å². The fourth-order valence-corrected chi connectivity index (χ4v) is 2.58. The average molecular weight is 259 g/mol. The summed E-state index contributed by atoms with van der Waals surface area (Å²) in [5.41, 5.74) is 1.02. The quantitative estimate of drug-likeness (QED) is 0.881. The molecule has 5 heteroatoms. The maximum absolute atomic E-state index is 10.6. The van der Waals surface area contributed by atoms with E-state index in [1.807, 2.05) is 14.0 Å². The molecule has 1 aliphatic heterocycles. The third-order valence-corrected chi connectivity index (χ3v) is 3.89. The van der Waals surface area contributed by atoms with Gasteiger partial charge < -0.3 is 9.84 Å². The summed E-state index contributed by atoms with van der Waals surface area (Å²) in [6.45, 7) is 3.23. The lowest BCUT2D eigenvalue weighted by molar-refractivity contribution is 0.0173. The lowest BCUT2D eigenvalue weighted by Gasteiger charge is -2.26. The first-order valence-electron chi connectivity index (χ1n) is 6.00. The van der Waals surface area contributed by atoms with Crippen LogP contribution < -0.4 is 0 Å². The third-order valence-electron chi connectivity index (χ3n) is 3.40. The Balaban J connectivity index is 2.18. The fraction of sp³-hybridized carbons (Fsp3) is 0.750. The Kier molecular flexibility index (Phi) is 3.76. The van der Waals surface area contributed by atoms with Crippen molar-refractivity contribution >= 4 is 11.6 Å². The van der Waals surface area contributed by atoms with Gasteiger partial charge in [0.05, 0.1) is 22.0 Å². The van der Waals surface area contributed by atoms with Crippen molar-refractivity contribution in [3.63, 3.8) is 0 Å². The minimum Gasteiger partial charge on any atom is -0.389 e. The Morgan fingerprint density at radius 1 is 1.47 bits per heavy atom. The van der Waals surface area contributed by atoms with Crippen molar-refractivity contribution in [3.05, 3.63) is 16.4 Å². The molecule has 17 heavy (non-hydrogen) atoms. The summed E-state index contributed by atoms with van der Waals surface area (Å²) in [5, 5.41) is 15.5. The summed E-state index contributed by atoms with van der Waals surface area (Å²) in [6.07, 6.45) is 2.86. The molecule has 1 atom stereocenters. The van der Waals surface area contributed by atoms with E-state index < -0.39 is 5.60 Å². The SMILES string of the molecule is Cc1nn(C)c(CC2(O)CCCOCC2)c1Cl. The third kappa shape index (κ3) is 2.81. The van der Waals surface area contributed by atoms with Crippen molar-refractivity contribution in [3.8, 4) is 0 Å². The summed E-state index contributed by atoms with van der Waals surface area (Å²) in [5.74, 6) is 0. The highest BCUT2D eigenvalue weighted by molar-refractivity contribution is 6.31. The molecular formula is C12H19ClN2O2. The summed E-state index contributed by atoms with van der Waals surface area (Å²) < 4.78 is 7.14. The summed E-state index contributed by atoms with van der Waals surface area (Å²) >= 11 is 6.21. The molecule has 1 fully saturated rings. The number of hydrogen-bond acceptors (Lipinski definition) is 3. The van der Waals surface area contributed by atoms with E-state index >= 15 is 0 Å². The first-order chi connectivity index (χ1) is 8.02. The van der Waals surface area contributed by atoms with Crippen LogP contribution >= 0.6 is 11.6 Å². The average Bonchev–Trinajstić information content (AvgIpc) is 2.48. The van der Waals surface area contributed by atoms with E-state index in [9.17, 15) is 5.11 Å². The van der Waals surface area contributed by atoms with Crippen molar-refractivity contribution in [2.24, 2.45) is 7.05 Å². The van der Waals surface area contributed by atoms with Crippen LogP contribution in [0.3, 0.4) is 0 Å². The van der Waals surface area contributed by atoms with Crippen LogP contribution in [0.4, 0.5) is 0 Å². The molecule has 1 aromatic rings. The van der Waals surface area contributed by atoms with Gasteiger partial charge in [0.2, 0.25) is 0 Å². The summed E-state index contributed by atoms with van der Waals surface area (Å²) in [7, 11) is 1.87. The van der Waals surface area contributed by atoms with Gasteiger partial charge in [0.1, 0.15) is 0 Å². The Bertz CT molecular complexity index is 395. The number of aromatic nitrogens is 2. The van der Waals surface area contributed by atoms with Crippen molar-refractivity contribution < 1.29 is 9.84 Å². The standard InChI is InChI=1S/C12H19ClN2O2/c1-9-11(13)10(15(2)14-9)8-12(16)4-3-6-17-7-5-12/h16H,3-8H2,1-2H3. The van der Waals surface area contributed by atoms with Crippen LogP contribution in [0, 0.1) is 6.92 Å². The molecular weight excluding hydrogens is 240 g/mol. The van der Waals surface area contributed by atoms with Gasteiger partial charge in [0, 0.05) is 26.7 Å². The Morgan fingerprint density at radius 2 is 2.24 bits per heavy atom. The smallest absolute Gasteiger partial charge is 0.0848 e. The fourth-order valence-electron chi connectivity index (χ4n) is 2.35. The number of ether oxygens (including phenoxy) is 1. The predicted octanol–water partition coefficient (Wildman–Crippen LogP) is 1.86. The second-order valence-corrected chi connectivity index (χ2v) is 5.21. The number of rotatable bonds is 2. The topological polar surface area (TPSA) is 47.3 Å². The normalized spacial score (nSPS) is 25.9. The summed E-state index contributed by atoms with van der Waals surface area (Å²) in [4.78, 5) is 0. The van der Waals surface area contributed by atoms with Gasteiger partial charge in [-0.05, 0) is 26.2 Å². The Labute approximate surface area is 107 Å². The molecule has 1 N–H and O–H groups in total. The van der Waals surface area contributed by atoms with Gasteiger partial charge >= 0.3 is 0 Å². The molecule has 1 unspecified atom stereocenters. The molecule has 4 nitrogen and oxygen atoms in total. The second-order valence-electron chi connectivity index (χ2n) is 4.84. The maximum Gasteiger partial charge on any atom is 0.0848 e. The number of halogens is 1. The lowest BCUT2D eigenvalue weighted by Crippen LogP contribution is -2.32. The zero-order valence-corrected chi connectivity index (χ0v) is 11.1. The molecule has 0 aliphatic carbocycles. The Morgan fingerprint density at radius 3 is 2.88 bits per heavy atom. The minimum absolute atomic E-state index is 0.548. The van der Waals surface area contributed by atoms with Gasteiger partial charge in [0.15, 0.2) is 0 Å². The lowest BCUT2D eigenvalue weighted by atomic mass is 9.89. The molecule has 0 amide bonds. The molecule has 96 valence electrons. The van der Waals surface area contributed by atoms with Gasteiger partial charge in [-0.25, -0.2) is 0 Å². The van der Waals surface area contributed by atoms with Crippen LogP contribution in [0.25, 0.3) is 0 Å². The van der Waals surface area contributed by atoms with Crippen molar-refractivity contribution in [1.82, 2.24) is 9.78 Å². The molecule has 0 spiro atoms. The van der Waals surface area contributed by atoms with E-state index in [1.165, 1.54) is 0 Å². The number of aryl methyl sites for hydroxylation is 2. The molecule has 0 saturated carbocycles. The summed E-state index contributed by atoms with van der Waals surface area (Å²) in [6, 6.07) is 0. The molecule has 1 saturated heterocycles. The van der Waals surface area contributed by atoms with E-state index in [1.54, 1.807) is 4.68 Å². The molecule has 1 aliphatic rings. The second kappa shape index (κ2) is 4.96. The minimum atomic E-state index is -0.708. The van der Waals surface area contributed by atoms with Crippen molar-refractivity contribution in [2.45, 2.75) is 38.2 Å². The van der Waals surface area contributed by atoms with Crippen LogP contribution in [0.5, 0.6) is 0 Å². The molecule has 2 heterocycles. The van der Waals surface area contributed by atoms with Gasteiger partial charge in [-0.3, -0.25) is 4.68 Å². The van der Waals surface area contributed by atoms with Crippen molar-refractivity contribution in [1.29, 1.82) is 0 Å². The predicted molar refractivity (Wildman–Crippen MR) is 66.3 cm³/mol. The van der Waals surface area contributed by atoms with Crippen LogP contribution in [0.1, 0.15) is 30.7 Å². The van der Waals surface area contributed by atoms with Crippen LogP contribution in [-0.2, 0) is 18.2 Å². The van der Waals surface area contributed by atoms with E-state index in [4.69, 9.17) is 16.3 Å². The van der Waals surface area contributed by atoms with E-state index in [2.05, 4.69) is 5.10 Å². The van der Waals surface area contributed by atoms with Gasteiger partial charge in [-0.1, -0.05) is 11.6 Å². The maximum atomic E-state index is 10.6. The Hall–Kier alpha value is -0.580. The van der Waals surface area contributed by atoms with Gasteiger partial charge in [0.25, 0.3) is 0 Å². The number of hydrogen-bond donors (Lipinski definition) is 1. The highest BCUT2D eigenvalue weighted by Gasteiger charge is 2.31. The first kappa shape index (κ1) is 12.9. The highest BCUT2D eigenvalue weighted by Crippen LogP contribution is 2.29. The monoisotopic (exact) mass is 258 g/mol. The van der Waals surface area contributed by atoms with E-state index in [0.717, 1.165) is 30.8 Å². The van der Waals surface area contributed by atoms with E-state index in [0.29, 0.717) is 24.5 Å². The zero-order chi connectivity index (χ0) is 12.5. The van der Waals surface area contributed by atoms with Gasteiger partial charge in [-0.2, -0.15) is 5.10 Å².